The Bertz CT molecular complexity index is 292. The second-order valence-electron chi connectivity index (χ2n) is 3.30. The SMILES string of the molecule is Cc1ccc(Cl)cc1[C@@H]1CCN1. The first-order chi connectivity index (χ1) is 5.77. The third-order valence-corrected chi connectivity index (χ3v) is 2.68. The first-order valence-electron chi connectivity index (χ1n) is 4.27. The van der Waals surface area contributed by atoms with Gasteiger partial charge in [-0.25, -0.2) is 0 Å². The summed E-state index contributed by atoms with van der Waals surface area (Å²) in [4.78, 5) is 0. The summed E-state index contributed by atoms with van der Waals surface area (Å²) in [5.74, 6) is 0. The van der Waals surface area contributed by atoms with E-state index >= 15 is 0 Å². The third-order valence-electron chi connectivity index (χ3n) is 2.44. The van der Waals surface area contributed by atoms with Gasteiger partial charge < -0.3 is 5.32 Å². The van der Waals surface area contributed by atoms with Crippen molar-refractivity contribution in [2.24, 2.45) is 0 Å². The Morgan fingerprint density at radius 3 is 2.83 bits per heavy atom. The zero-order chi connectivity index (χ0) is 8.55. The highest BCUT2D eigenvalue weighted by atomic mass is 35.5. The molecule has 0 amide bonds. The molecule has 2 rings (SSSR count). The monoisotopic (exact) mass is 181 g/mol. The van der Waals surface area contributed by atoms with Crippen LogP contribution in [0.5, 0.6) is 0 Å². The lowest BCUT2D eigenvalue weighted by Gasteiger charge is -2.29. The zero-order valence-electron chi connectivity index (χ0n) is 7.10. The highest BCUT2D eigenvalue weighted by Crippen LogP contribution is 2.27. The first kappa shape index (κ1) is 8.09. The summed E-state index contributed by atoms with van der Waals surface area (Å²) in [5, 5.41) is 4.21. The smallest absolute Gasteiger partial charge is 0.0409 e. The fourth-order valence-corrected chi connectivity index (χ4v) is 1.72. The molecule has 0 radical (unpaired) electrons. The van der Waals surface area contributed by atoms with Gasteiger partial charge in [-0.3, -0.25) is 0 Å². The van der Waals surface area contributed by atoms with E-state index in [0.29, 0.717) is 6.04 Å². The van der Waals surface area contributed by atoms with Crippen LogP contribution in [0.15, 0.2) is 18.2 Å². The molecule has 1 aromatic carbocycles. The summed E-state index contributed by atoms with van der Waals surface area (Å²) in [6.07, 6.45) is 1.24. The van der Waals surface area contributed by atoms with Gasteiger partial charge in [0.1, 0.15) is 0 Å². The zero-order valence-corrected chi connectivity index (χ0v) is 7.86. The summed E-state index contributed by atoms with van der Waals surface area (Å²) in [6, 6.07) is 6.63. The summed E-state index contributed by atoms with van der Waals surface area (Å²) in [6.45, 7) is 3.27. The summed E-state index contributed by atoms with van der Waals surface area (Å²) in [5.41, 5.74) is 2.69. The maximum absolute atomic E-state index is 5.91. The van der Waals surface area contributed by atoms with Gasteiger partial charge in [-0.05, 0) is 43.1 Å². The normalized spacial score (nSPS) is 22.0. The maximum atomic E-state index is 5.91. The Hall–Kier alpha value is -0.530. The fraction of sp³-hybridized carbons (Fsp3) is 0.400. The number of rotatable bonds is 1. The van der Waals surface area contributed by atoms with Crippen LogP contribution < -0.4 is 5.32 Å². The van der Waals surface area contributed by atoms with E-state index in [1.54, 1.807) is 0 Å². The average molecular weight is 182 g/mol. The van der Waals surface area contributed by atoms with Gasteiger partial charge in [0.2, 0.25) is 0 Å². The van der Waals surface area contributed by atoms with Gasteiger partial charge in [0.05, 0.1) is 0 Å². The van der Waals surface area contributed by atoms with Crippen molar-refractivity contribution in [3.05, 3.63) is 34.3 Å². The number of hydrogen-bond donors (Lipinski definition) is 1. The molecule has 1 aliphatic heterocycles. The van der Waals surface area contributed by atoms with Crippen LogP contribution in [0, 0.1) is 6.92 Å². The molecule has 0 aromatic heterocycles. The molecular weight excluding hydrogens is 170 g/mol. The molecule has 0 unspecified atom stereocenters. The minimum absolute atomic E-state index is 0.545. The molecular formula is C10H12ClN. The predicted molar refractivity (Wildman–Crippen MR) is 51.5 cm³/mol. The minimum atomic E-state index is 0.545. The molecule has 0 saturated carbocycles. The van der Waals surface area contributed by atoms with Crippen LogP contribution >= 0.6 is 11.6 Å². The van der Waals surface area contributed by atoms with Crippen molar-refractivity contribution in [3.8, 4) is 0 Å². The van der Waals surface area contributed by atoms with Crippen molar-refractivity contribution >= 4 is 11.6 Å². The molecule has 1 aliphatic rings. The molecule has 64 valence electrons. The van der Waals surface area contributed by atoms with Crippen LogP contribution in [0.4, 0.5) is 0 Å². The largest absolute Gasteiger partial charge is 0.310 e. The van der Waals surface area contributed by atoms with Crippen molar-refractivity contribution in [1.82, 2.24) is 5.32 Å². The first-order valence-corrected chi connectivity index (χ1v) is 4.64. The molecule has 1 fully saturated rings. The van der Waals surface area contributed by atoms with Crippen LogP contribution in [-0.2, 0) is 0 Å². The van der Waals surface area contributed by atoms with Gasteiger partial charge in [-0.15, -0.1) is 0 Å². The van der Waals surface area contributed by atoms with E-state index in [1.807, 2.05) is 6.07 Å². The molecule has 1 aromatic rings. The van der Waals surface area contributed by atoms with E-state index in [0.717, 1.165) is 11.6 Å². The molecule has 1 nitrogen and oxygen atoms in total. The summed E-state index contributed by atoms with van der Waals surface area (Å²) >= 11 is 5.91. The number of nitrogens with one attached hydrogen (secondary N) is 1. The van der Waals surface area contributed by atoms with Gasteiger partial charge >= 0.3 is 0 Å². The topological polar surface area (TPSA) is 12.0 Å². The van der Waals surface area contributed by atoms with Crippen molar-refractivity contribution in [1.29, 1.82) is 0 Å². The Morgan fingerprint density at radius 1 is 1.50 bits per heavy atom. The minimum Gasteiger partial charge on any atom is -0.310 e. The fourth-order valence-electron chi connectivity index (χ4n) is 1.54. The molecule has 0 bridgehead atoms. The lowest BCUT2D eigenvalue weighted by molar-refractivity contribution is 0.382. The number of benzene rings is 1. The standard InChI is InChI=1S/C10H12ClN/c1-7-2-3-8(11)6-9(7)10-4-5-12-10/h2-3,6,10,12H,4-5H2,1H3/t10-/m0/s1. The highest BCUT2D eigenvalue weighted by molar-refractivity contribution is 6.30. The van der Waals surface area contributed by atoms with Crippen molar-refractivity contribution in [2.45, 2.75) is 19.4 Å². The van der Waals surface area contributed by atoms with Crippen molar-refractivity contribution in [3.63, 3.8) is 0 Å². The Morgan fingerprint density at radius 2 is 2.25 bits per heavy atom. The van der Waals surface area contributed by atoms with Crippen LogP contribution in [0.1, 0.15) is 23.6 Å². The van der Waals surface area contributed by atoms with Crippen molar-refractivity contribution in [2.75, 3.05) is 6.54 Å². The lowest BCUT2D eigenvalue weighted by atomic mass is 9.94. The number of halogens is 1. The molecule has 1 atom stereocenters. The molecule has 12 heavy (non-hydrogen) atoms. The van der Waals surface area contributed by atoms with Crippen LogP contribution in [0.25, 0.3) is 0 Å². The van der Waals surface area contributed by atoms with E-state index in [9.17, 15) is 0 Å². The second kappa shape index (κ2) is 3.08. The third kappa shape index (κ3) is 1.35. The van der Waals surface area contributed by atoms with Gasteiger partial charge in [0, 0.05) is 11.1 Å². The lowest BCUT2D eigenvalue weighted by Crippen LogP contribution is -2.35. The van der Waals surface area contributed by atoms with Crippen LogP contribution in [0.3, 0.4) is 0 Å². The molecule has 1 N–H and O–H groups in total. The molecule has 0 spiro atoms. The summed E-state index contributed by atoms with van der Waals surface area (Å²) in [7, 11) is 0. The van der Waals surface area contributed by atoms with Crippen molar-refractivity contribution < 1.29 is 0 Å². The van der Waals surface area contributed by atoms with E-state index in [1.165, 1.54) is 17.5 Å². The number of aryl methyl sites for hydroxylation is 1. The molecule has 2 heteroatoms. The Labute approximate surface area is 77.7 Å². The van der Waals surface area contributed by atoms with Gasteiger partial charge in [-0.1, -0.05) is 17.7 Å². The maximum Gasteiger partial charge on any atom is 0.0409 e. The number of hydrogen-bond acceptors (Lipinski definition) is 1. The van der Waals surface area contributed by atoms with Gasteiger partial charge in [0.25, 0.3) is 0 Å². The summed E-state index contributed by atoms with van der Waals surface area (Å²) < 4.78 is 0. The molecule has 1 heterocycles. The van der Waals surface area contributed by atoms with E-state index < -0.39 is 0 Å². The molecule has 0 aliphatic carbocycles. The van der Waals surface area contributed by atoms with Gasteiger partial charge in [0.15, 0.2) is 0 Å². The predicted octanol–water partition coefficient (Wildman–Crippen LogP) is 2.68. The Balaban J connectivity index is 2.34. The Kier molecular flexibility index (Phi) is 2.07. The van der Waals surface area contributed by atoms with Gasteiger partial charge in [-0.2, -0.15) is 0 Å². The van der Waals surface area contributed by atoms with Crippen LogP contribution in [-0.4, -0.2) is 6.54 Å². The average Bonchev–Trinajstić information content (AvgIpc) is 1.93. The van der Waals surface area contributed by atoms with E-state index in [2.05, 4.69) is 24.4 Å². The highest BCUT2D eigenvalue weighted by Gasteiger charge is 2.19. The molecule has 1 saturated heterocycles. The quantitative estimate of drug-likeness (QED) is 0.703. The van der Waals surface area contributed by atoms with E-state index in [4.69, 9.17) is 11.6 Å². The second-order valence-corrected chi connectivity index (χ2v) is 3.73. The van der Waals surface area contributed by atoms with E-state index in [-0.39, 0.29) is 0 Å². The van der Waals surface area contributed by atoms with Crippen LogP contribution in [0.2, 0.25) is 5.02 Å².